The molecule has 53 heavy (non-hydrogen) atoms. The first-order valence-corrected chi connectivity index (χ1v) is 18.0. The zero-order valence-corrected chi connectivity index (χ0v) is 29.8. The monoisotopic (exact) mass is 730 g/mol. The molecule has 6 heterocycles. The number of nitrogens with zero attached hydrogens (tertiary/aromatic N) is 7. The Labute approximate surface area is 303 Å². The molecule has 0 aliphatic carbocycles. The highest BCUT2D eigenvalue weighted by atomic mass is 19.1. The van der Waals surface area contributed by atoms with Gasteiger partial charge >= 0.3 is 6.01 Å². The summed E-state index contributed by atoms with van der Waals surface area (Å²) in [5.74, 6) is -1.16. The predicted octanol–water partition coefficient (Wildman–Crippen LogP) is 5.50. The van der Waals surface area contributed by atoms with Crippen molar-refractivity contribution >= 4 is 33.4 Å². The Morgan fingerprint density at radius 2 is 2.02 bits per heavy atom. The van der Waals surface area contributed by atoms with Crippen LogP contribution in [0.4, 0.5) is 19.0 Å². The molecular formula is C38H41F3N8O4. The van der Waals surface area contributed by atoms with E-state index in [0.717, 1.165) is 19.4 Å². The summed E-state index contributed by atoms with van der Waals surface area (Å²) in [5.41, 5.74) is 0.835. The van der Waals surface area contributed by atoms with Gasteiger partial charge < -0.3 is 24.8 Å². The second-order valence-corrected chi connectivity index (χ2v) is 14.5. The number of alkyl halides is 1. The van der Waals surface area contributed by atoms with Crippen LogP contribution in [0.1, 0.15) is 47.9 Å². The highest BCUT2D eigenvalue weighted by molar-refractivity contribution is 6.01. The molecule has 0 saturated carbocycles. The van der Waals surface area contributed by atoms with Gasteiger partial charge in [-0.3, -0.25) is 19.4 Å². The molecule has 12 nitrogen and oxygen atoms in total. The van der Waals surface area contributed by atoms with Crippen LogP contribution in [0.5, 0.6) is 11.8 Å². The maximum absolute atomic E-state index is 17.0. The highest BCUT2D eigenvalue weighted by Gasteiger charge is 2.49. The Balaban J connectivity index is 1.21. The predicted molar refractivity (Wildman–Crippen MR) is 192 cm³/mol. The van der Waals surface area contributed by atoms with Crippen LogP contribution in [0.25, 0.3) is 32.9 Å². The summed E-state index contributed by atoms with van der Waals surface area (Å²) in [5, 5.41) is 19.7. The number of nitrogens with one attached hydrogen (secondary N) is 1. The molecular weight excluding hydrogens is 689 g/mol. The summed E-state index contributed by atoms with van der Waals surface area (Å²) in [6, 6.07) is 7.35. The van der Waals surface area contributed by atoms with E-state index in [4.69, 9.17) is 9.47 Å². The standard InChI is InChI=1S/C38H41F3N8O4/c1-4-26-29(40)7-6-22-10-25(50)12-27(31(22)26)33-32(41)34-28(15-42-33)35(45-37(44-34)53-20-38-8-5-9-48(38)17-23(39)13-38)43-14-24-11-30(36(51)47(2)3)46-49(24)16-21-18-52-19-21/h6-7,10-12,15,21,23,50H,4-5,8-9,13-14,16-20H2,1-3H3,(H,43,44,45)/t23-,38+/m1/s1. The lowest BCUT2D eigenvalue weighted by atomic mass is 9.94. The third kappa shape index (κ3) is 6.39. The van der Waals surface area contributed by atoms with Crippen LogP contribution >= 0.6 is 0 Å². The number of anilines is 1. The zero-order valence-electron chi connectivity index (χ0n) is 29.8. The molecule has 3 fully saturated rings. The Hall–Kier alpha value is -5.02. The van der Waals surface area contributed by atoms with E-state index in [2.05, 4.69) is 30.3 Å². The van der Waals surface area contributed by atoms with E-state index in [-0.39, 0.29) is 70.4 Å². The van der Waals surface area contributed by atoms with Crippen molar-refractivity contribution in [3.05, 3.63) is 65.1 Å². The lowest BCUT2D eigenvalue weighted by Gasteiger charge is -2.30. The molecule has 0 spiro atoms. The van der Waals surface area contributed by atoms with Crippen molar-refractivity contribution in [2.45, 2.75) is 57.4 Å². The fraction of sp³-hybridized carbons (Fsp3) is 0.447. The van der Waals surface area contributed by atoms with Crippen LogP contribution in [0.2, 0.25) is 0 Å². The van der Waals surface area contributed by atoms with E-state index in [0.29, 0.717) is 61.2 Å². The minimum absolute atomic E-state index is 0.104. The number of fused-ring (bicyclic) bond motifs is 3. The number of aromatic nitrogens is 5. The molecule has 3 aliphatic rings. The zero-order chi connectivity index (χ0) is 37.0. The highest BCUT2D eigenvalue weighted by Crippen LogP contribution is 2.41. The van der Waals surface area contributed by atoms with E-state index in [1.54, 1.807) is 37.8 Å². The topological polar surface area (TPSA) is 131 Å². The summed E-state index contributed by atoms with van der Waals surface area (Å²) in [4.78, 5) is 30.1. The molecule has 0 unspecified atom stereocenters. The van der Waals surface area contributed by atoms with Gasteiger partial charge in [-0.2, -0.15) is 15.1 Å². The minimum atomic E-state index is -0.963. The molecule has 1 amide bonds. The van der Waals surface area contributed by atoms with Gasteiger partial charge in [-0.05, 0) is 66.4 Å². The van der Waals surface area contributed by atoms with Gasteiger partial charge in [0.05, 0.1) is 36.4 Å². The van der Waals surface area contributed by atoms with Gasteiger partial charge in [0.1, 0.15) is 41.4 Å². The van der Waals surface area contributed by atoms with Gasteiger partial charge in [0.25, 0.3) is 5.91 Å². The first-order chi connectivity index (χ1) is 25.5. The lowest BCUT2D eigenvalue weighted by molar-refractivity contribution is -0.0411. The number of phenolic OH excluding ortho intramolecular Hbond substituents is 1. The normalized spacial score (nSPS) is 20.2. The van der Waals surface area contributed by atoms with Crippen LogP contribution < -0.4 is 10.1 Å². The minimum Gasteiger partial charge on any atom is -0.508 e. The number of halogens is 3. The van der Waals surface area contributed by atoms with Gasteiger partial charge in [0.2, 0.25) is 0 Å². The van der Waals surface area contributed by atoms with E-state index in [9.17, 15) is 14.3 Å². The first-order valence-electron chi connectivity index (χ1n) is 18.0. The molecule has 5 aromatic rings. The number of ether oxygens (including phenoxy) is 2. The van der Waals surface area contributed by atoms with E-state index >= 15 is 8.78 Å². The first kappa shape index (κ1) is 35.0. The Bertz CT molecular complexity index is 2230. The van der Waals surface area contributed by atoms with Crippen molar-refractivity contribution in [1.82, 2.24) is 34.5 Å². The molecule has 278 valence electrons. The summed E-state index contributed by atoms with van der Waals surface area (Å²) in [6.07, 6.45) is 2.82. The number of phenols is 1. The molecule has 15 heteroatoms. The maximum atomic E-state index is 17.0. The smallest absolute Gasteiger partial charge is 0.319 e. The Morgan fingerprint density at radius 3 is 2.77 bits per heavy atom. The van der Waals surface area contributed by atoms with Crippen LogP contribution in [-0.2, 0) is 24.2 Å². The number of rotatable bonds is 11. The second kappa shape index (κ2) is 13.8. The molecule has 3 saturated heterocycles. The summed E-state index contributed by atoms with van der Waals surface area (Å²) in [7, 11) is 3.32. The van der Waals surface area contributed by atoms with Gasteiger partial charge in [0.15, 0.2) is 11.5 Å². The number of aromatic hydroxyl groups is 1. The van der Waals surface area contributed by atoms with Gasteiger partial charge in [-0.1, -0.05) is 13.0 Å². The summed E-state index contributed by atoms with van der Waals surface area (Å²) < 4.78 is 60.0. The molecule has 3 aliphatic heterocycles. The Kier molecular flexibility index (Phi) is 9.09. The molecule has 3 aromatic heterocycles. The Morgan fingerprint density at radius 1 is 1.19 bits per heavy atom. The van der Waals surface area contributed by atoms with Crippen molar-refractivity contribution in [3.8, 4) is 23.0 Å². The number of amides is 1. The lowest BCUT2D eigenvalue weighted by Crippen LogP contribution is -2.43. The van der Waals surface area contributed by atoms with Crippen molar-refractivity contribution in [3.63, 3.8) is 0 Å². The van der Waals surface area contributed by atoms with Crippen LogP contribution in [0.15, 0.2) is 36.5 Å². The van der Waals surface area contributed by atoms with Crippen molar-refractivity contribution < 1.29 is 32.5 Å². The number of carbonyl (C=O) groups is 1. The number of hydrogen-bond acceptors (Lipinski definition) is 10. The average molecular weight is 731 g/mol. The van der Waals surface area contributed by atoms with Crippen LogP contribution in [0, 0.1) is 17.6 Å². The second-order valence-electron chi connectivity index (χ2n) is 14.5. The molecule has 2 aromatic carbocycles. The van der Waals surface area contributed by atoms with Crippen LogP contribution in [-0.4, -0.2) is 104 Å². The largest absolute Gasteiger partial charge is 0.508 e. The third-order valence-electron chi connectivity index (χ3n) is 10.7. The quantitative estimate of drug-likeness (QED) is 0.180. The average Bonchev–Trinajstić information content (AvgIpc) is 3.79. The number of benzene rings is 2. The number of aryl methyl sites for hydroxylation is 1. The molecule has 2 N–H and O–H groups in total. The third-order valence-corrected chi connectivity index (χ3v) is 10.7. The van der Waals surface area contributed by atoms with Crippen LogP contribution in [0.3, 0.4) is 0 Å². The fourth-order valence-corrected chi connectivity index (χ4v) is 8.00. The van der Waals surface area contributed by atoms with Crippen molar-refractivity contribution in [2.24, 2.45) is 5.92 Å². The van der Waals surface area contributed by atoms with E-state index in [1.807, 2.05) is 0 Å². The summed E-state index contributed by atoms with van der Waals surface area (Å²) >= 11 is 0. The van der Waals surface area contributed by atoms with E-state index in [1.165, 1.54) is 29.3 Å². The van der Waals surface area contributed by atoms with Gasteiger partial charge in [0, 0.05) is 51.3 Å². The summed E-state index contributed by atoms with van der Waals surface area (Å²) in [6.45, 7) is 4.94. The van der Waals surface area contributed by atoms with Gasteiger partial charge in [-0.25, -0.2) is 13.2 Å². The maximum Gasteiger partial charge on any atom is 0.319 e. The van der Waals surface area contributed by atoms with Gasteiger partial charge in [-0.15, -0.1) is 0 Å². The number of hydrogen-bond donors (Lipinski definition) is 2. The van der Waals surface area contributed by atoms with E-state index < -0.39 is 23.3 Å². The number of pyridine rings is 1. The SMILES string of the molecule is CCc1c(F)ccc2cc(O)cc(-c3ncc4c(NCc5cc(C(=O)N(C)C)nn5CC5COC5)nc(OC[C@@]56CCCN5C[C@H](F)C6)nc4c3F)c12. The fourth-order valence-electron chi connectivity index (χ4n) is 8.00. The van der Waals surface area contributed by atoms with Crippen molar-refractivity contribution in [2.75, 3.05) is 52.3 Å². The molecule has 0 radical (unpaired) electrons. The molecule has 0 bridgehead atoms. The molecule has 8 rings (SSSR count). The van der Waals surface area contributed by atoms with Crippen molar-refractivity contribution in [1.29, 1.82) is 0 Å². The molecule has 2 atom stereocenters. The number of carbonyl (C=O) groups excluding carboxylic acids is 1.